The summed E-state index contributed by atoms with van der Waals surface area (Å²) in [7, 11) is 0. The van der Waals surface area contributed by atoms with Crippen LogP contribution in [-0.2, 0) is 14.4 Å². The summed E-state index contributed by atoms with van der Waals surface area (Å²) in [6.45, 7) is -0.364. The van der Waals surface area contributed by atoms with Crippen molar-refractivity contribution in [2.45, 2.75) is 51.0 Å². The first kappa shape index (κ1) is 14.0. The lowest BCUT2D eigenvalue weighted by Crippen LogP contribution is -2.47. The molecule has 1 aliphatic heterocycles. The highest BCUT2D eigenvalue weighted by atomic mass is 16.2. The normalized spacial score (nSPS) is 23.7. The van der Waals surface area contributed by atoms with E-state index in [1.807, 2.05) is 0 Å². The third kappa shape index (κ3) is 2.77. The van der Waals surface area contributed by atoms with Gasteiger partial charge in [0.2, 0.25) is 17.7 Å². The Labute approximate surface area is 122 Å². The Morgan fingerprint density at radius 3 is 2.48 bits per heavy atom. The minimum absolute atomic E-state index is 0.148. The van der Waals surface area contributed by atoms with Crippen LogP contribution in [0, 0.1) is 5.41 Å². The molecule has 3 fully saturated rings. The van der Waals surface area contributed by atoms with E-state index >= 15 is 0 Å². The van der Waals surface area contributed by atoms with Crippen molar-refractivity contribution >= 4 is 23.8 Å². The maximum atomic E-state index is 12.4. The zero-order valence-electron chi connectivity index (χ0n) is 11.8. The van der Waals surface area contributed by atoms with E-state index in [2.05, 4.69) is 10.6 Å². The van der Waals surface area contributed by atoms with Crippen LogP contribution in [0.4, 0.5) is 4.79 Å². The maximum Gasteiger partial charge on any atom is 0.321 e. The number of carbonyl (C=O) groups is 4. The van der Waals surface area contributed by atoms with Gasteiger partial charge in [-0.2, -0.15) is 0 Å². The maximum absolute atomic E-state index is 12.4. The van der Waals surface area contributed by atoms with Crippen molar-refractivity contribution in [2.24, 2.45) is 5.41 Å². The van der Waals surface area contributed by atoms with Gasteiger partial charge < -0.3 is 5.32 Å². The zero-order chi connectivity index (χ0) is 15.0. The Kier molecular flexibility index (Phi) is 3.43. The van der Waals surface area contributed by atoms with Gasteiger partial charge in [0.05, 0.1) is 5.41 Å². The zero-order valence-corrected chi connectivity index (χ0v) is 11.8. The highest BCUT2D eigenvalue weighted by Gasteiger charge is 2.52. The lowest BCUT2D eigenvalue weighted by atomic mass is 9.84. The molecule has 2 N–H and O–H groups in total. The van der Waals surface area contributed by atoms with Gasteiger partial charge in [-0.05, 0) is 25.7 Å². The number of nitrogens with zero attached hydrogens (tertiary/aromatic N) is 1. The number of urea groups is 1. The first-order chi connectivity index (χ1) is 10.00. The van der Waals surface area contributed by atoms with Gasteiger partial charge >= 0.3 is 6.03 Å². The summed E-state index contributed by atoms with van der Waals surface area (Å²) < 4.78 is 0. The van der Waals surface area contributed by atoms with Crippen molar-refractivity contribution in [1.82, 2.24) is 15.5 Å². The highest BCUT2D eigenvalue weighted by Crippen LogP contribution is 2.46. The van der Waals surface area contributed by atoms with Crippen LogP contribution >= 0.6 is 0 Å². The van der Waals surface area contributed by atoms with Gasteiger partial charge in [-0.25, -0.2) is 4.79 Å². The number of rotatable bonds is 3. The lowest BCUT2D eigenvalue weighted by molar-refractivity contribution is -0.144. The van der Waals surface area contributed by atoms with E-state index in [0.29, 0.717) is 0 Å². The van der Waals surface area contributed by atoms with Crippen molar-refractivity contribution in [1.29, 1.82) is 0 Å². The summed E-state index contributed by atoms with van der Waals surface area (Å²) in [5.41, 5.74) is -0.576. The van der Waals surface area contributed by atoms with E-state index in [-0.39, 0.29) is 30.8 Å². The summed E-state index contributed by atoms with van der Waals surface area (Å²) in [5.74, 6) is -1.17. The van der Waals surface area contributed by atoms with Crippen molar-refractivity contribution in [3.63, 3.8) is 0 Å². The first-order valence-corrected chi connectivity index (χ1v) is 7.45. The molecule has 0 unspecified atom stereocenters. The summed E-state index contributed by atoms with van der Waals surface area (Å²) in [6, 6.07) is -0.410. The van der Waals surface area contributed by atoms with Crippen LogP contribution in [0.15, 0.2) is 0 Å². The standard InChI is InChI=1S/C14H19N3O4/c18-10(16-13(21)15-9-3-4-9)8-17-11(19)7-14(12(17)20)5-1-2-6-14/h9H,1-8H2,(H2,15,16,18,21). The Balaban J connectivity index is 1.56. The van der Waals surface area contributed by atoms with E-state index in [1.54, 1.807) is 0 Å². The Bertz CT molecular complexity index is 506. The second kappa shape index (κ2) is 5.13. The molecule has 21 heavy (non-hydrogen) atoms. The van der Waals surface area contributed by atoms with Crippen LogP contribution in [0.3, 0.4) is 0 Å². The quantitative estimate of drug-likeness (QED) is 0.731. The molecule has 3 aliphatic rings. The first-order valence-electron chi connectivity index (χ1n) is 7.45. The monoisotopic (exact) mass is 293 g/mol. The van der Waals surface area contributed by atoms with Gasteiger partial charge in [-0.15, -0.1) is 0 Å². The molecule has 0 bridgehead atoms. The van der Waals surface area contributed by atoms with E-state index in [9.17, 15) is 19.2 Å². The number of amides is 5. The smallest absolute Gasteiger partial charge is 0.321 e. The second-order valence-corrected chi connectivity index (χ2v) is 6.25. The minimum atomic E-state index is -0.620. The molecule has 0 aromatic carbocycles. The molecule has 114 valence electrons. The third-order valence-corrected chi connectivity index (χ3v) is 4.52. The number of likely N-dealkylation sites (tertiary alicyclic amines) is 1. The van der Waals surface area contributed by atoms with Gasteiger partial charge in [0.15, 0.2) is 0 Å². The molecule has 0 aromatic heterocycles. The van der Waals surface area contributed by atoms with Gasteiger partial charge in [0, 0.05) is 12.5 Å². The molecule has 7 heteroatoms. The average Bonchev–Trinajstić information content (AvgIpc) is 3.04. The predicted octanol–water partition coefficient (Wildman–Crippen LogP) is 0.294. The molecule has 3 rings (SSSR count). The van der Waals surface area contributed by atoms with Crippen LogP contribution < -0.4 is 10.6 Å². The fourth-order valence-electron chi connectivity index (χ4n) is 3.22. The fourth-order valence-corrected chi connectivity index (χ4v) is 3.22. The molecule has 0 atom stereocenters. The molecule has 2 aliphatic carbocycles. The second-order valence-electron chi connectivity index (χ2n) is 6.25. The third-order valence-electron chi connectivity index (χ3n) is 4.52. The van der Waals surface area contributed by atoms with Gasteiger partial charge in [-0.3, -0.25) is 24.6 Å². The lowest BCUT2D eigenvalue weighted by Gasteiger charge is -2.20. The largest absolute Gasteiger partial charge is 0.335 e. The number of hydrogen-bond donors (Lipinski definition) is 2. The Hall–Kier alpha value is -1.92. The molecule has 1 saturated heterocycles. The SMILES string of the molecule is O=C(CN1C(=O)CC2(CCCC2)C1=O)NC(=O)NC1CC1. The topological polar surface area (TPSA) is 95.6 Å². The molecule has 0 aromatic rings. The molecule has 5 amide bonds. The van der Waals surface area contributed by atoms with Crippen LogP contribution in [0.25, 0.3) is 0 Å². The summed E-state index contributed by atoms with van der Waals surface area (Å²) in [5, 5.41) is 4.78. The van der Waals surface area contributed by atoms with Gasteiger partial charge in [0.1, 0.15) is 6.54 Å². The van der Waals surface area contributed by atoms with Crippen molar-refractivity contribution in [2.75, 3.05) is 6.54 Å². The van der Waals surface area contributed by atoms with E-state index in [0.717, 1.165) is 43.4 Å². The summed E-state index contributed by atoms with van der Waals surface area (Å²) in [4.78, 5) is 48.6. The highest BCUT2D eigenvalue weighted by molar-refractivity contribution is 6.09. The molecule has 1 spiro atoms. The molecule has 1 heterocycles. The van der Waals surface area contributed by atoms with E-state index in [1.165, 1.54) is 0 Å². The molecule has 7 nitrogen and oxygen atoms in total. The number of imide groups is 2. The van der Waals surface area contributed by atoms with Crippen LogP contribution in [-0.4, -0.2) is 41.2 Å². The van der Waals surface area contributed by atoms with Crippen LogP contribution in [0.2, 0.25) is 0 Å². The average molecular weight is 293 g/mol. The van der Waals surface area contributed by atoms with E-state index < -0.39 is 17.4 Å². The van der Waals surface area contributed by atoms with E-state index in [4.69, 9.17) is 0 Å². The number of nitrogens with one attached hydrogen (secondary N) is 2. The summed E-state index contributed by atoms with van der Waals surface area (Å²) in [6.07, 6.45) is 5.38. The Morgan fingerprint density at radius 2 is 1.86 bits per heavy atom. The molecular formula is C14H19N3O4. The van der Waals surface area contributed by atoms with Gasteiger partial charge in [-0.1, -0.05) is 12.8 Å². The Morgan fingerprint density at radius 1 is 1.19 bits per heavy atom. The minimum Gasteiger partial charge on any atom is -0.335 e. The molecule has 0 radical (unpaired) electrons. The molecule has 2 saturated carbocycles. The van der Waals surface area contributed by atoms with Crippen molar-refractivity contribution in [3.05, 3.63) is 0 Å². The number of carbonyl (C=O) groups excluding carboxylic acids is 4. The molecular weight excluding hydrogens is 274 g/mol. The van der Waals surface area contributed by atoms with Crippen LogP contribution in [0.1, 0.15) is 44.9 Å². The van der Waals surface area contributed by atoms with Crippen molar-refractivity contribution in [3.8, 4) is 0 Å². The van der Waals surface area contributed by atoms with Gasteiger partial charge in [0.25, 0.3) is 0 Å². The van der Waals surface area contributed by atoms with Crippen molar-refractivity contribution < 1.29 is 19.2 Å². The summed E-state index contributed by atoms with van der Waals surface area (Å²) >= 11 is 0. The van der Waals surface area contributed by atoms with Crippen LogP contribution in [0.5, 0.6) is 0 Å². The fraction of sp³-hybridized carbons (Fsp3) is 0.714. The predicted molar refractivity (Wildman–Crippen MR) is 71.9 cm³/mol. The number of hydrogen-bond acceptors (Lipinski definition) is 4.